The average Bonchev–Trinajstić information content (AvgIpc) is 2.34. The second-order valence-electron chi connectivity index (χ2n) is 5.30. The fourth-order valence-electron chi connectivity index (χ4n) is 2.89. The van der Waals surface area contributed by atoms with E-state index in [0.29, 0.717) is 5.56 Å². The highest BCUT2D eigenvalue weighted by Crippen LogP contribution is 2.31. The van der Waals surface area contributed by atoms with E-state index in [2.05, 4.69) is 11.8 Å². The molecule has 0 aliphatic carbocycles. The molecular weight excluding hydrogens is 227 g/mol. The van der Waals surface area contributed by atoms with Crippen LogP contribution in [0.25, 0.3) is 0 Å². The second-order valence-corrected chi connectivity index (χ2v) is 5.30. The van der Waals surface area contributed by atoms with E-state index in [-0.39, 0.29) is 17.9 Å². The fourth-order valence-corrected chi connectivity index (χ4v) is 2.89. The van der Waals surface area contributed by atoms with E-state index in [1.807, 2.05) is 12.1 Å². The zero-order chi connectivity index (χ0) is 13.1. The van der Waals surface area contributed by atoms with E-state index in [0.717, 1.165) is 37.9 Å². The maximum absolute atomic E-state index is 13.7. The molecule has 0 spiro atoms. The number of hydrogen-bond acceptors (Lipinski definition) is 2. The summed E-state index contributed by atoms with van der Waals surface area (Å²) in [7, 11) is 0. The Bertz CT molecular complexity index is 403. The van der Waals surface area contributed by atoms with E-state index in [9.17, 15) is 4.39 Å². The van der Waals surface area contributed by atoms with Crippen molar-refractivity contribution in [2.45, 2.75) is 45.2 Å². The van der Waals surface area contributed by atoms with Gasteiger partial charge in [-0.25, -0.2) is 4.39 Å². The van der Waals surface area contributed by atoms with Gasteiger partial charge in [-0.1, -0.05) is 19.1 Å². The van der Waals surface area contributed by atoms with Gasteiger partial charge in [-0.3, -0.25) is 4.90 Å². The Labute approximate surface area is 109 Å². The highest BCUT2D eigenvalue weighted by atomic mass is 19.1. The third-order valence-corrected chi connectivity index (χ3v) is 3.83. The van der Waals surface area contributed by atoms with Crippen molar-refractivity contribution in [3.63, 3.8) is 0 Å². The second kappa shape index (κ2) is 5.81. The van der Waals surface area contributed by atoms with Gasteiger partial charge in [-0.2, -0.15) is 0 Å². The first-order valence-corrected chi connectivity index (χ1v) is 6.89. The molecule has 18 heavy (non-hydrogen) atoms. The fraction of sp³-hybridized carbons (Fsp3) is 0.600. The number of nitrogens with zero attached hydrogens (tertiary/aromatic N) is 1. The number of aryl methyl sites for hydroxylation is 1. The van der Waals surface area contributed by atoms with Crippen LogP contribution in [0.15, 0.2) is 18.2 Å². The average molecular weight is 250 g/mol. The Kier molecular flexibility index (Phi) is 4.36. The zero-order valence-corrected chi connectivity index (χ0v) is 11.3. The van der Waals surface area contributed by atoms with Crippen LogP contribution >= 0.6 is 0 Å². The quantitative estimate of drug-likeness (QED) is 0.893. The summed E-state index contributed by atoms with van der Waals surface area (Å²) in [6.07, 6.45) is 3.28. The first-order chi connectivity index (χ1) is 8.63. The van der Waals surface area contributed by atoms with E-state index >= 15 is 0 Å². The van der Waals surface area contributed by atoms with Crippen molar-refractivity contribution in [1.82, 2.24) is 4.90 Å². The van der Waals surface area contributed by atoms with Crippen molar-refractivity contribution in [1.29, 1.82) is 0 Å². The summed E-state index contributed by atoms with van der Waals surface area (Å²) in [6.45, 7) is 6.08. The van der Waals surface area contributed by atoms with Gasteiger partial charge in [0, 0.05) is 12.1 Å². The molecule has 2 unspecified atom stereocenters. The number of piperidine rings is 1. The number of nitrogens with two attached hydrogens (primary N) is 1. The van der Waals surface area contributed by atoms with Gasteiger partial charge in [-0.15, -0.1) is 0 Å². The molecule has 1 heterocycles. The Morgan fingerprint density at radius 3 is 2.89 bits per heavy atom. The molecule has 0 bridgehead atoms. The number of hydrogen-bond donors (Lipinski definition) is 1. The highest BCUT2D eigenvalue weighted by Gasteiger charge is 2.29. The van der Waals surface area contributed by atoms with Gasteiger partial charge < -0.3 is 5.73 Å². The van der Waals surface area contributed by atoms with Crippen molar-refractivity contribution in [3.8, 4) is 0 Å². The molecule has 3 heteroatoms. The van der Waals surface area contributed by atoms with Gasteiger partial charge in [0.2, 0.25) is 0 Å². The minimum Gasteiger partial charge on any atom is -0.326 e. The molecule has 2 rings (SSSR count). The summed E-state index contributed by atoms with van der Waals surface area (Å²) in [6, 6.07) is 5.84. The minimum atomic E-state index is -0.123. The summed E-state index contributed by atoms with van der Waals surface area (Å²) >= 11 is 0. The lowest BCUT2D eigenvalue weighted by molar-refractivity contribution is 0.128. The van der Waals surface area contributed by atoms with E-state index in [1.165, 1.54) is 0 Å². The predicted octanol–water partition coefficient (Wildman–Crippen LogP) is 3.01. The van der Waals surface area contributed by atoms with Gasteiger partial charge in [0.15, 0.2) is 0 Å². The molecule has 2 atom stereocenters. The molecular formula is C15H23FN2. The van der Waals surface area contributed by atoms with Gasteiger partial charge in [0.05, 0.1) is 0 Å². The van der Waals surface area contributed by atoms with Gasteiger partial charge in [0.1, 0.15) is 5.82 Å². The van der Waals surface area contributed by atoms with Crippen molar-refractivity contribution in [2.75, 3.05) is 13.1 Å². The molecule has 2 N–H and O–H groups in total. The number of halogens is 1. The molecule has 1 aliphatic heterocycles. The first kappa shape index (κ1) is 13.5. The van der Waals surface area contributed by atoms with Gasteiger partial charge >= 0.3 is 0 Å². The minimum absolute atomic E-state index is 0.118. The van der Waals surface area contributed by atoms with Crippen LogP contribution < -0.4 is 5.73 Å². The first-order valence-electron chi connectivity index (χ1n) is 6.89. The lowest BCUT2D eigenvalue weighted by atomic mass is 9.90. The standard InChI is InChI=1S/C15H23FN2/c1-3-8-18-9-4-5-14(17)15(18)12-7-6-11(2)13(16)10-12/h6-7,10,14-15H,3-5,8-9,17H2,1-2H3. The van der Waals surface area contributed by atoms with E-state index in [1.54, 1.807) is 13.0 Å². The van der Waals surface area contributed by atoms with Gasteiger partial charge in [0.25, 0.3) is 0 Å². The normalized spacial score (nSPS) is 25.3. The molecule has 0 amide bonds. The van der Waals surface area contributed by atoms with Crippen LogP contribution in [0.2, 0.25) is 0 Å². The topological polar surface area (TPSA) is 29.3 Å². The molecule has 100 valence electrons. The van der Waals surface area contributed by atoms with Crippen molar-refractivity contribution < 1.29 is 4.39 Å². The summed E-state index contributed by atoms with van der Waals surface area (Å²) in [5.41, 5.74) is 7.98. The zero-order valence-electron chi connectivity index (χ0n) is 11.3. The third-order valence-electron chi connectivity index (χ3n) is 3.83. The molecule has 2 nitrogen and oxygen atoms in total. The maximum Gasteiger partial charge on any atom is 0.126 e. The summed E-state index contributed by atoms with van der Waals surface area (Å²) in [5, 5.41) is 0. The molecule has 1 aromatic rings. The molecule has 0 saturated carbocycles. The SMILES string of the molecule is CCCN1CCCC(N)C1c1ccc(C)c(F)c1. The third kappa shape index (κ3) is 2.73. The predicted molar refractivity (Wildman–Crippen MR) is 73.0 cm³/mol. The Hall–Kier alpha value is -0.930. The van der Waals surface area contributed by atoms with Crippen molar-refractivity contribution in [2.24, 2.45) is 5.73 Å². The smallest absolute Gasteiger partial charge is 0.126 e. The Morgan fingerprint density at radius 2 is 2.22 bits per heavy atom. The Balaban J connectivity index is 2.28. The number of rotatable bonds is 3. The summed E-state index contributed by atoms with van der Waals surface area (Å²) < 4.78 is 13.7. The summed E-state index contributed by atoms with van der Waals surface area (Å²) in [5.74, 6) is -0.123. The number of likely N-dealkylation sites (tertiary alicyclic amines) is 1. The molecule has 1 fully saturated rings. The van der Waals surface area contributed by atoms with Crippen LogP contribution in [0.3, 0.4) is 0 Å². The van der Waals surface area contributed by atoms with Crippen LogP contribution in [0, 0.1) is 12.7 Å². The van der Waals surface area contributed by atoms with E-state index < -0.39 is 0 Å². The largest absolute Gasteiger partial charge is 0.326 e. The van der Waals surface area contributed by atoms with Crippen LogP contribution in [0.1, 0.15) is 43.4 Å². The molecule has 0 radical (unpaired) electrons. The van der Waals surface area contributed by atoms with Crippen molar-refractivity contribution >= 4 is 0 Å². The molecule has 1 aliphatic rings. The lowest BCUT2D eigenvalue weighted by Crippen LogP contribution is -2.46. The molecule has 1 aromatic carbocycles. The lowest BCUT2D eigenvalue weighted by Gasteiger charge is -2.40. The highest BCUT2D eigenvalue weighted by molar-refractivity contribution is 5.27. The van der Waals surface area contributed by atoms with Crippen LogP contribution in [-0.4, -0.2) is 24.0 Å². The monoisotopic (exact) mass is 250 g/mol. The van der Waals surface area contributed by atoms with Crippen LogP contribution in [0.5, 0.6) is 0 Å². The van der Waals surface area contributed by atoms with Crippen molar-refractivity contribution in [3.05, 3.63) is 35.1 Å². The summed E-state index contributed by atoms with van der Waals surface area (Å²) in [4.78, 5) is 2.40. The van der Waals surface area contributed by atoms with Gasteiger partial charge in [-0.05, 0) is 56.5 Å². The maximum atomic E-state index is 13.7. The molecule has 0 aromatic heterocycles. The number of benzene rings is 1. The van der Waals surface area contributed by atoms with Crippen LogP contribution in [-0.2, 0) is 0 Å². The molecule has 1 saturated heterocycles. The Morgan fingerprint density at radius 1 is 1.44 bits per heavy atom. The van der Waals surface area contributed by atoms with E-state index in [4.69, 9.17) is 5.73 Å². The van der Waals surface area contributed by atoms with Crippen LogP contribution in [0.4, 0.5) is 4.39 Å².